The Hall–Kier alpha value is -3.44. The monoisotopic (exact) mass is 335 g/mol. The number of anilines is 2. The van der Waals surface area contributed by atoms with Crippen molar-refractivity contribution in [2.24, 2.45) is 5.73 Å². The van der Waals surface area contributed by atoms with Crippen LogP contribution < -0.4 is 15.8 Å². The van der Waals surface area contributed by atoms with Gasteiger partial charge in [-0.25, -0.2) is 9.97 Å². The Bertz CT molecular complexity index is 865. The van der Waals surface area contributed by atoms with E-state index >= 15 is 0 Å². The highest BCUT2D eigenvalue weighted by Gasteiger charge is 2.06. The first kappa shape index (κ1) is 16.4. The van der Waals surface area contributed by atoms with E-state index in [2.05, 4.69) is 25.5 Å². The van der Waals surface area contributed by atoms with Gasteiger partial charge in [-0.15, -0.1) is 0 Å². The summed E-state index contributed by atoms with van der Waals surface area (Å²) in [4.78, 5) is 8.05. The molecule has 8 nitrogen and oxygen atoms in total. The van der Waals surface area contributed by atoms with Crippen LogP contribution in [0, 0.1) is 11.3 Å². The molecule has 3 aromatic rings. The Morgan fingerprint density at radius 3 is 2.68 bits per heavy atom. The maximum absolute atomic E-state index is 8.72. The standard InChI is InChI=1S/C17H17N7O/c1-11(7-18)25-14-4-2-12(3-5-14)15-6-16(24-23-15)22-17-10-20-13(8-19)9-21-17/h2-6,9-11H,7,18H2,1H3,(H2,21,22,23,24)/t11-/m0/s1. The van der Waals surface area contributed by atoms with E-state index in [1.165, 1.54) is 12.4 Å². The van der Waals surface area contributed by atoms with E-state index in [0.29, 0.717) is 18.2 Å². The smallest absolute Gasteiger partial charge is 0.158 e. The fraction of sp³-hybridized carbons (Fsp3) is 0.176. The topological polar surface area (TPSA) is 126 Å². The third-order valence-corrected chi connectivity index (χ3v) is 3.43. The van der Waals surface area contributed by atoms with Crippen molar-refractivity contribution >= 4 is 11.6 Å². The van der Waals surface area contributed by atoms with E-state index in [-0.39, 0.29) is 11.8 Å². The Morgan fingerprint density at radius 2 is 2.04 bits per heavy atom. The van der Waals surface area contributed by atoms with Gasteiger partial charge >= 0.3 is 0 Å². The lowest BCUT2D eigenvalue weighted by Gasteiger charge is -2.12. The predicted molar refractivity (Wildman–Crippen MR) is 93.2 cm³/mol. The molecule has 0 radical (unpaired) electrons. The lowest BCUT2D eigenvalue weighted by Crippen LogP contribution is -2.22. The van der Waals surface area contributed by atoms with Gasteiger partial charge in [-0.2, -0.15) is 10.4 Å². The number of H-pyrrole nitrogens is 1. The molecule has 3 rings (SSSR count). The van der Waals surface area contributed by atoms with Crippen molar-refractivity contribution in [1.82, 2.24) is 20.2 Å². The molecule has 0 aliphatic carbocycles. The number of nitrogens with two attached hydrogens (primary N) is 1. The molecule has 4 N–H and O–H groups in total. The number of hydrogen-bond donors (Lipinski definition) is 3. The van der Waals surface area contributed by atoms with Gasteiger partial charge in [-0.05, 0) is 36.8 Å². The fourth-order valence-corrected chi connectivity index (χ4v) is 2.11. The lowest BCUT2D eigenvalue weighted by molar-refractivity contribution is 0.230. The summed E-state index contributed by atoms with van der Waals surface area (Å²) in [5.41, 5.74) is 7.64. The first-order valence-electron chi connectivity index (χ1n) is 7.69. The Morgan fingerprint density at radius 1 is 1.24 bits per heavy atom. The summed E-state index contributed by atoms with van der Waals surface area (Å²) in [6.45, 7) is 2.39. The van der Waals surface area contributed by atoms with Gasteiger partial charge in [0.15, 0.2) is 11.5 Å². The highest BCUT2D eigenvalue weighted by molar-refractivity contribution is 5.65. The average molecular weight is 335 g/mol. The highest BCUT2D eigenvalue weighted by Crippen LogP contribution is 2.24. The Kier molecular flexibility index (Phi) is 4.87. The first-order valence-corrected chi connectivity index (χ1v) is 7.69. The molecule has 0 bridgehead atoms. The van der Waals surface area contributed by atoms with E-state index in [1.807, 2.05) is 43.3 Å². The third-order valence-electron chi connectivity index (χ3n) is 3.43. The molecule has 0 saturated heterocycles. The number of aromatic nitrogens is 4. The molecule has 2 heterocycles. The van der Waals surface area contributed by atoms with Crippen LogP contribution in [0.5, 0.6) is 5.75 Å². The molecule has 0 fully saturated rings. The van der Waals surface area contributed by atoms with E-state index in [9.17, 15) is 0 Å². The van der Waals surface area contributed by atoms with E-state index in [0.717, 1.165) is 17.0 Å². The molecule has 0 spiro atoms. The Balaban J connectivity index is 1.69. The van der Waals surface area contributed by atoms with Gasteiger partial charge in [-0.3, -0.25) is 5.10 Å². The minimum Gasteiger partial charge on any atom is -0.489 e. The molecule has 1 aromatic carbocycles. The van der Waals surface area contributed by atoms with Gasteiger partial charge in [0.05, 0.1) is 18.1 Å². The van der Waals surface area contributed by atoms with Crippen molar-refractivity contribution in [2.45, 2.75) is 13.0 Å². The van der Waals surface area contributed by atoms with Crippen molar-refractivity contribution in [3.05, 3.63) is 48.4 Å². The SMILES string of the molecule is C[C@@H](CN)Oc1ccc(-c2cc(Nc3cnc(C#N)cn3)n[nH]2)cc1. The number of nitrogens with zero attached hydrogens (tertiary/aromatic N) is 4. The van der Waals surface area contributed by atoms with Crippen LogP contribution in [0.15, 0.2) is 42.7 Å². The molecule has 8 heteroatoms. The quantitative estimate of drug-likeness (QED) is 0.630. The minimum absolute atomic E-state index is 0.0256. The summed E-state index contributed by atoms with van der Waals surface area (Å²) in [6.07, 6.45) is 2.86. The normalized spacial score (nSPS) is 11.6. The number of benzene rings is 1. The zero-order valence-corrected chi connectivity index (χ0v) is 13.6. The van der Waals surface area contributed by atoms with Crippen molar-refractivity contribution in [3.8, 4) is 23.1 Å². The van der Waals surface area contributed by atoms with Crippen LogP contribution in [0.3, 0.4) is 0 Å². The molecule has 25 heavy (non-hydrogen) atoms. The zero-order chi connectivity index (χ0) is 17.6. The third kappa shape index (κ3) is 4.10. The summed E-state index contributed by atoms with van der Waals surface area (Å²) < 4.78 is 5.66. The summed E-state index contributed by atoms with van der Waals surface area (Å²) in [5.74, 6) is 1.88. The predicted octanol–water partition coefficient (Wildman–Crippen LogP) is 2.21. The van der Waals surface area contributed by atoms with Crippen molar-refractivity contribution in [3.63, 3.8) is 0 Å². The van der Waals surface area contributed by atoms with Crippen molar-refractivity contribution < 1.29 is 4.74 Å². The average Bonchev–Trinajstić information content (AvgIpc) is 3.11. The molecule has 0 unspecified atom stereocenters. The molecule has 0 saturated carbocycles. The molecular formula is C17H17N7O. The molecule has 126 valence electrons. The largest absolute Gasteiger partial charge is 0.489 e. The Labute approximate surface area is 144 Å². The molecular weight excluding hydrogens is 318 g/mol. The van der Waals surface area contributed by atoms with E-state index in [4.69, 9.17) is 15.7 Å². The van der Waals surface area contributed by atoms with Crippen LogP contribution in [0.2, 0.25) is 0 Å². The summed E-state index contributed by atoms with van der Waals surface area (Å²) in [7, 11) is 0. The van der Waals surface area contributed by atoms with Gasteiger partial charge < -0.3 is 15.8 Å². The van der Waals surface area contributed by atoms with Gasteiger partial charge in [-0.1, -0.05) is 0 Å². The van der Waals surface area contributed by atoms with Crippen LogP contribution in [-0.4, -0.2) is 32.8 Å². The highest BCUT2D eigenvalue weighted by atomic mass is 16.5. The van der Waals surface area contributed by atoms with Crippen LogP contribution in [0.25, 0.3) is 11.3 Å². The second kappa shape index (κ2) is 7.42. The molecule has 0 amide bonds. The molecule has 0 aliphatic heterocycles. The number of hydrogen-bond acceptors (Lipinski definition) is 7. The maximum Gasteiger partial charge on any atom is 0.158 e. The number of nitrogens with one attached hydrogen (secondary N) is 2. The molecule has 1 atom stereocenters. The van der Waals surface area contributed by atoms with Gasteiger partial charge in [0.1, 0.15) is 23.7 Å². The summed E-state index contributed by atoms with van der Waals surface area (Å²) >= 11 is 0. The van der Waals surface area contributed by atoms with E-state index < -0.39 is 0 Å². The number of aromatic amines is 1. The van der Waals surface area contributed by atoms with Gasteiger partial charge in [0, 0.05) is 12.6 Å². The van der Waals surface area contributed by atoms with E-state index in [1.54, 1.807) is 0 Å². The van der Waals surface area contributed by atoms with Crippen molar-refractivity contribution in [1.29, 1.82) is 5.26 Å². The number of rotatable bonds is 6. The van der Waals surface area contributed by atoms with Crippen LogP contribution in [0.4, 0.5) is 11.6 Å². The summed E-state index contributed by atoms with van der Waals surface area (Å²) in [5, 5.41) is 18.9. The van der Waals surface area contributed by atoms with Gasteiger partial charge in [0.25, 0.3) is 0 Å². The van der Waals surface area contributed by atoms with Gasteiger partial charge in [0.2, 0.25) is 0 Å². The van der Waals surface area contributed by atoms with Crippen molar-refractivity contribution in [2.75, 3.05) is 11.9 Å². The first-order chi connectivity index (χ1) is 12.2. The second-order valence-corrected chi connectivity index (χ2v) is 5.38. The number of nitriles is 1. The minimum atomic E-state index is -0.0256. The molecule has 2 aromatic heterocycles. The molecule has 0 aliphatic rings. The van der Waals surface area contributed by atoms with Crippen LogP contribution in [0.1, 0.15) is 12.6 Å². The zero-order valence-electron chi connectivity index (χ0n) is 13.6. The summed E-state index contributed by atoms with van der Waals surface area (Å²) in [6, 6.07) is 11.4. The lowest BCUT2D eigenvalue weighted by atomic mass is 10.1. The number of ether oxygens (including phenoxy) is 1. The van der Waals surface area contributed by atoms with Crippen LogP contribution in [-0.2, 0) is 0 Å². The second-order valence-electron chi connectivity index (χ2n) is 5.38. The maximum atomic E-state index is 8.72. The van der Waals surface area contributed by atoms with Crippen LogP contribution >= 0.6 is 0 Å². The fourth-order valence-electron chi connectivity index (χ4n) is 2.11.